The number of carbonyl (C=O) groups is 4. The molecule has 0 aliphatic rings. The van der Waals surface area contributed by atoms with E-state index in [-0.39, 0.29) is 18.8 Å². The van der Waals surface area contributed by atoms with Crippen molar-refractivity contribution >= 4 is 34.6 Å². The van der Waals surface area contributed by atoms with Crippen LogP contribution < -0.4 is 21.7 Å². The number of nitrogens with two attached hydrogens (primary N) is 1. The quantitative estimate of drug-likeness (QED) is 0.219. The number of aromatic nitrogens is 1. The van der Waals surface area contributed by atoms with Gasteiger partial charge in [-0.2, -0.15) is 0 Å². The first-order chi connectivity index (χ1) is 16.4. The second-order valence-corrected chi connectivity index (χ2v) is 9.15. The van der Waals surface area contributed by atoms with Crippen LogP contribution in [0.2, 0.25) is 0 Å². The summed E-state index contributed by atoms with van der Waals surface area (Å²) in [6, 6.07) is 2.94. The van der Waals surface area contributed by atoms with E-state index in [4.69, 9.17) is 5.73 Å². The topological polar surface area (TPSA) is 187 Å². The van der Waals surface area contributed by atoms with Crippen molar-refractivity contribution in [2.45, 2.75) is 70.8 Å². The van der Waals surface area contributed by atoms with Gasteiger partial charge in [0.05, 0.1) is 6.10 Å². The molecular weight excluding hydrogens is 454 g/mol. The fraction of sp³-hybridized carbons (Fsp3) is 0.500. The molecule has 192 valence electrons. The predicted molar refractivity (Wildman–Crippen MR) is 130 cm³/mol. The molecule has 8 N–H and O–H groups in total. The average molecular weight is 490 g/mol. The maximum atomic E-state index is 13.1. The highest BCUT2D eigenvalue weighted by Crippen LogP contribution is 2.19. The van der Waals surface area contributed by atoms with Gasteiger partial charge in [-0.1, -0.05) is 32.0 Å². The van der Waals surface area contributed by atoms with E-state index in [2.05, 4.69) is 20.9 Å². The molecule has 0 aliphatic carbocycles. The van der Waals surface area contributed by atoms with Gasteiger partial charge in [0.1, 0.15) is 24.2 Å². The van der Waals surface area contributed by atoms with Crippen LogP contribution in [-0.4, -0.2) is 69.2 Å². The molecule has 0 saturated heterocycles. The lowest BCUT2D eigenvalue weighted by atomic mass is 10.0. The minimum Gasteiger partial charge on any atom is -0.480 e. The molecule has 35 heavy (non-hydrogen) atoms. The van der Waals surface area contributed by atoms with E-state index in [0.29, 0.717) is 0 Å². The van der Waals surface area contributed by atoms with E-state index in [1.54, 1.807) is 6.20 Å². The number of aromatic amines is 1. The van der Waals surface area contributed by atoms with Crippen molar-refractivity contribution in [2.24, 2.45) is 11.7 Å². The second kappa shape index (κ2) is 12.3. The molecule has 0 fully saturated rings. The number of H-pyrrole nitrogens is 1. The van der Waals surface area contributed by atoms with Crippen molar-refractivity contribution in [1.82, 2.24) is 20.9 Å². The Labute approximate surface area is 203 Å². The molecule has 1 aromatic heterocycles. The molecule has 0 radical (unpaired) electrons. The first kappa shape index (κ1) is 27.8. The maximum absolute atomic E-state index is 13.1. The van der Waals surface area contributed by atoms with Crippen LogP contribution in [0.25, 0.3) is 10.9 Å². The first-order valence-corrected chi connectivity index (χ1v) is 11.5. The summed E-state index contributed by atoms with van der Waals surface area (Å²) in [5.41, 5.74) is 7.33. The van der Waals surface area contributed by atoms with Crippen LogP contribution in [-0.2, 0) is 25.6 Å². The molecule has 5 unspecified atom stereocenters. The summed E-state index contributed by atoms with van der Waals surface area (Å²) < 4.78 is 0. The second-order valence-electron chi connectivity index (χ2n) is 9.15. The number of carboxylic acids is 1. The van der Waals surface area contributed by atoms with Crippen molar-refractivity contribution in [2.75, 3.05) is 0 Å². The van der Waals surface area contributed by atoms with Gasteiger partial charge in [-0.3, -0.25) is 14.4 Å². The molecule has 0 spiro atoms. The highest BCUT2D eigenvalue weighted by Gasteiger charge is 2.30. The molecular formula is C24H35N5O6. The average Bonchev–Trinajstić information content (AvgIpc) is 3.19. The minimum atomic E-state index is -1.25. The fourth-order valence-electron chi connectivity index (χ4n) is 3.59. The van der Waals surface area contributed by atoms with E-state index in [9.17, 15) is 29.4 Å². The fourth-order valence-corrected chi connectivity index (χ4v) is 3.59. The van der Waals surface area contributed by atoms with Crippen LogP contribution in [0.3, 0.4) is 0 Å². The molecule has 0 saturated carbocycles. The van der Waals surface area contributed by atoms with Gasteiger partial charge in [0.25, 0.3) is 0 Å². The van der Waals surface area contributed by atoms with Crippen molar-refractivity contribution in [3.05, 3.63) is 36.0 Å². The molecule has 1 aromatic carbocycles. The van der Waals surface area contributed by atoms with Crippen molar-refractivity contribution in [1.29, 1.82) is 0 Å². The van der Waals surface area contributed by atoms with Crippen LogP contribution in [0.1, 0.15) is 39.7 Å². The Balaban J connectivity index is 2.18. The number of benzene rings is 1. The number of nitrogens with one attached hydrogen (secondary N) is 4. The highest BCUT2D eigenvalue weighted by atomic mass is 16.4. The van der Waals surface area contributed by atoms with Crippen LogP contribution >= 0.6 is 0 Å². The highest BCUT2D eigenvalue weighted by molar-refractivity contribution is 5.94. The molecule has 0 bridgehead atoms. The van der Waals surface area contributed by atoms with Gasteiger partial charge in [0.2, 0.25) is 17.7 Å². The van der Waals surface area contributed by atoms with E-state index >= 15 is 0 Å². The number of amides is 3. The van der Waals surface area contributed by atoms with Crippen LogP contribution in [0.5, 0.6) is 0 Å². The van der Waals surface area contributed by atoms with Crippen molar-refractivity contribution < 1.29 is 29.4 Å². The molecule has 3 amide bonds. The summed E-state index contributed by atoms with van der Waals surface area (Å²) in [7, 11) is 0. The number of carboxylic acid groups (broad SMARTS) is 1. The molecule has 5 atom stereocenters. The van der Waals surface area contributed by atoms with E-state index in [0.717, 1.165) is 16.5 Å². The minimum absolute atomic E-state index is 0.0372. The van der Waals surface area contributed by atoms with Gasteiger partial charge in [0.15, 0.2) is 0 Å². The number of hydrogen-bond donors (Lipinski definition) is 7. The smallest absolute Gasteiger partial charge is 0.326 e. The van der Waals surface area contributed by atoms with E-state index in [1.807, 2.05) is 38.1 Å². The molecule has 2 aromatic rings. The van der Waals surface area contributed by atoms with Crippen LogP contribution in [0, 0.1) is 5.92 Å². The Morgan fingerprint density at radius 1 is 0.943 bits per heavy atom. The third-order valence-corrected chi connectivity index (χ3v) is 5.63. The summed E-state index contributed by atoms with van der Waals surface area (Å²) in [6.07, 6.45) is 0.919. The van der Waals surface area contributed by atoms with E-state index in [1.165, 1.54) is 13.8 Å². The van der Waals surface area contributed by atoms with Gasteiger partial charge >= 0.3 is 5.97 Å². The lowest BCUT2D eigenvalue weighted by Gasteiger charge is -2.24. The molecule has 11 heteroatoms. The lowest BCUT2D eigenvalue weighted by Crippen LogP contribution is -2.58. The molecule has 0 aliphatic heterocycles. The normalized spacial score (nSPS) is 15.6. The lowest BCUT2D eigenvalue weighted by molar-refractivity contribution is -0.142. The number of rotatable bonds is 12. The largest absolute Gasteiger partial charge is 0.480 e. The van der Waals surface area contributed by atoms with E-state index < -0.39 is 54.0 Å². The Kier molecular flexibility index (Phi) is 9.78. The SMILES string of the molecule is CC(C)CC(NC(=O)C(C)NC(=O)C(Cc1c[nH]c2ccccc12)NC(=O)C(N)C(C)O)C(=O)O. The number of carbonyl (C=O) groups excluding carboxylic acids is 3. The number of aliphatic hydroxyl groups is 1. The molecule has 2 rings (SSSR count). The standard InChI is InChI=1S/C24H35N5O6/c1-12(2)9-19(24(34)35)29-21(31)13(3)27-22(32)18(28-23(33)20(25)14(4)30)10-15-11-26-17-8-6-5-7-16(15)17/h5-8,11-14,18-20,26,30H,9-10,25H2,1-4H3,(H,27,32)(H,28,33)(H,29,31)(H,34,35). The van der Waals surface area contributed by atoms with Gasteiger partial charge in [0, 0.05) is 23.5 Å². The first-order valence-electron chi connectivity index (χ1n) is 11.5. The number of aliphatic carboxylic acids is 1. The van der Waals surface area contributed by atoms with Crippen LogP contribution in [0.4, 0.5) is 0 Å². The summed E-state index contributed by atoms with van der Waals surface area (Å²) in [4.78, 5) is 52.8. The number of hydrogen-bond acceptors (Lipinski definition) is 6. The summed E-state index contributed by atoms with van der Waals surface area (Å²) in [5, 5.41) is 27.4. The predicted octanol–water partition coefficient (Wildman–Crippen LogP) is 0.0235. The van der Waals surface area contributed by atoms with Gasteiger partial charge in [-0.05, 0) is 37.8 Å². The zero-order valence-electron chi connectivity index (χ0n) is 20.4. The number of aliphatic hydroxyl groups excluding tert-OH is 1. The van der Waals surface area contributed by atoms with Crippen LogP contribution in [0.15, 0.2) is 30.5 Å². The summed E-state index contributed by atoms with van der Waals surface area (Å²) in [6.45, 7) is 6.46. The zero-order chi connectivity index (χ0) is 26.3. The monoisotopic (exact) mass is 489 g/mol. The number of para-hydroxylation sites is 1. The van der Waals surface area contributed by atoms with Gasteiger partial charge in [-0.25, -0.2) is 4.79 Å². The summed E-state index contributed by atoms with van der Waals surface area (Å²) >= 11 is 0. The molecule has 1 heterocycles. The Bertz CT molecular complexity index is 1050. The Morgan fingerprint density at radius 2 is 1.57 bits per heavy atom. The summed E-state index contributed by atoms with van der Waals surface area (Å²) in [5.74, 6) is -3.17. The van der Waals surface area contributed by atoms with Crippen molar-refractivity contribution in [3.63, 3.8) is 0 Å². The van der Waals surface area contributed by atoms with Crippen molar-refractivity contribution in [3.8, 4) is 0 Å². The Hall–Kier alpha value is -3.44. The Morgan fingerprint density at radius 3 is 2.17 bits per heavy atom. The molecule has 11 nitrogen and oxygen atoms in total. The maximum Gasteiger partial charge on any atom is 0.326 e. The third-order valence-electron chi connectivity index (χ3n) is 5.63. The van der Waals surface area contributed by atoms with Gasteiger partial charge in [-0.15, -0.1) is 0 Å². The third kappa shape index (κ3) is 7.79. The zero-order valence-corrected chi connectivity index (χ0v) is 20.4. The number of fused-ring (bicyclic) bond motifs is 1. The van der Waals surface area contributed by atoms with Gasteiger partial charge < -0.3 is 36.9 Å².